The summed E-state index contributed by atoms with van der Waals surface area (Å²) in [6.45, 7) is 2.06. The van der Waals surface area contributed by atoms with Crippen LogP contribution in [0.5, 0.6) is 0 Å². The van der Waals surface area contributed by atoms with Gasteiger partial charge < -0.3 is 10.2 Å². The van der Waals surface area contributed by atoms with E-state index in [2.05, 4.69) is 27.3 Å². The molecule has 0 bridgehead atoms. The minimum Gasteiger partial charge on any atom is -0.322 e. The molecule has 0 spiro atoms. The summed E-state index contributed by atoms with van der Waals surface area (Å²) in [6, 6.07) is 7.20. The molecule has 0 unspecified atom stereocenters. The van der Waals surface area contributed by atoms with Crippen molar-refractivity contribution in [1.82, 2.24) is 19.7 Å². The lowest BCUT2D eigenvalue weighted by Gasteiger charge is -2.29. The number of carbonyl (C=O) groups excluding carboxylic acids is 1. The number of anilines is 1. The first-order valence-electron chi connectivity index (χ1n) is 8.80. The van der Waals surface area contributed by atoms with E-state index in [0.717, 1.165) is 31.6 Å². The van der Waals surface area contributed by atoms with E-state index in [4.69, 9.17) is 23.2 Å². The van der Waals surface area contributed by atoms with Crippen LogP contribution in [-0.2, 0) is 0 Å². The van der Waals surface area contributed by atoms with Crippen molar-refractivity contribution in [2.75, 3.05) is 25.5 Å². The Hall–Kier alpha value is -2.15. The van der Waals surface area contributed by atoms with Crippen LogP contribution >= 0.6 is 23.2 Å². The average Bonchev–Trinajstić information content (AvgIpc) is 3.09. The van der Waals surface area contributed by atoms with Crippen LogP contribution in [0.15, 0.2) is 36.7 Å². The third kappa shape index (κ3) is 3.65. The molecule has 0 radical (unpaired) electrons. The number of aromatic nitrogens is 3. The number of piperidine rings is 1. The number of hydrogen-bond acceptors (Lipinski definition) is 4. The Morgan fingerprint density at radius 2 is 1.85 bits per heavy atom. The van der Waals surface area contributed by atoms with Crippen molar-refractivity contribution in [2.45, 2.75) is 18.9 Å². The minimum atomic E-state index is -0.316. The second kappa shape index (κ2) is 7.46. The highest BCUT2D eigenvalue weighted by atomic mass is 35.5. The molecule has 3 heterocycles. The van der Waals surface area contributed by atoms with E-state index in [1.54, 1.807) is 30.5 Å². The first kappa shape index (κ1) is 18.2. The molecule has 1 amide bonds. The quantitative estimate of drug-likeness (QED) is 0.709. The number of likely N-dealkylation sites (tertiary alicyclic amines) is 1. The Morgan fingerprint density at radius 1 is 1.15 bits per heavy atom. The number of pyridine rings is 1. The van der Waals surface area contributed by atoms with Crippen molar-refractivity contribution >= 4 is 45.8 Å². The lowest BCUT2D eigenvalue weighted by atomic mass is 10.1. The summed E-state index contributed by atoms with van der Waals surface area (Å²) >= 11 is 12.4. The molecule has 0 saturated carbocycles. The van der Waals surface area contributed by atoms with Gasteiger partial charge in [-0.05, 0) is 57.2 Å². The molecule has 1 aliphatic heterocycles. The zero-order valence-electron chi connectivity index (χ0n) is 14.8. The molecule has 1 N–H and O–H groups in total. The summed E-state index contributed by atoms with van der Waals surface area (Å²) in [5.74, 6) is -0.316. The summed E-state index contributed by atoms with van der Waals surface area (Å²) in [5.41, 5.74) is 1.68. The molecule has 3 aromatic rings. The van der Waals surface area contributed by atoms with Crippen LogP contribution in [0.1, 0.15) is 29.2 Å². The van der Waals surface area contributed by atoms with Gasteiger partial charge in [0.05, 0.1) is 28.2 Å². The van der Waals surface area contributed by atoms with Gasteiger partial charge in [-0.2, -0.15) is 5.10 Å². The Bertz CT molecular complexity index is 978. The molecule has 1 saturated heterocycles. The summed E-state index contributed by atoms with van der Waals surface area (Å²) in [5, 5.41) is 8.98. The predicted molar refractivity (Wildman–Crippen MR) is 108 cm³/mol. The third-order valence-electron chi connectivity index (χ3n) is 4.94. The average molecular weight is 404 g/mol. The van der Waals surface area contributed by atoms with E-state index < -0.39 is 0 Å². The van der Waals surface area contributed by atoms with E-state index >= 15 is 0 Å². The molecule has 27 heavy (non-hydrogen) atoms. The van der Waals surface area contributed by atoms with Crippen LogP contribution in [0.2, 0.25) is 10.0 Å². The number of amides is 1. The SMILES string of the molecule is CN1CCC(n2ncc3c(Cl)c(C(=O)Nc4ccc(Cl)cc4)cnc32)CC1. The largest absolute Gasteiger partial charge is 0.322 e. The molecular weight excluding hydrogens is 385 g/mol. The van der Waals surface area contributed by atoms with Crippen molar-refractivity contribution in [3.05, 3.63) is 52.3 Å². The highest BCUT2D eigenvalue weighted by Crippen LogP contribution is 2.30. The maximum absolute atomic E-state index is 12.6. The highest BCUT2D eigenvalue weighted by Gasteiger charge is 2.23. The van der Waals surface area contributed by atoms with E-state index in [9.17, 15) is 4.79 Å². The Morgan fingerprint density at radius 3 is 2.56 bits per heavy atom. The van der Waals surface area contributed by atoms with E-state index in [0.29, 0.717) is 32.7 Å². The zero-order valence-corrected chi connectivity index (χ0v) is 16.3. The van der Waals surface area contributed by atoms with Crippen LogP contribution in [0, 0.1) is 0 Å². The molecule has 8 heteroatoms. The number of fused-ring (bicyclic) bond motifs is 1. The highest BCUT2D eigenvalue weighted by molar-refractivity contribution is 6.38. The number of nitrogens with one attached hydrogen (secondary N) is 1. The number of rotatable bonds is 3. The topological polar surface area (TPSA) is 63.1 Å². The number of hydrogen-bond donors (Lipinski definition) is 1. The molecule has 6 nitrogen and oxygen atoms in total. The fourth-order valence-corrected chi connectivity index (χ4v) is 3.76. The number of halogens is 2. The van der Waals surface area contributed by atoms with Gasteiger partial charge in [0.1, 0.15) is 0 Å². The Labute approximate surface area is 167 Å². The predicted octanol–water partition coefficient (Wildman–Crippen LogP) is 4.26. The van der Waals surface area contributed by atoms with Crippen molar-refractivity contribution in [1.29, 1.82) is 0 Å². The van der Waals surface area contributed by atoms with Gasteiger partial charge in [0.25, 0.3) is 5.91 Å². The van der Waals surface area contributed by atoms with E-state index in [-0.39, 0.29) is 5.91 Å². The maximum Gasteiger partial charge on any atom is 0.258 e. The second-order valence-corrected chi connectivity index (χ2v) is 7.62. The molecule has 0 aliphatic carbocycles. The van der Waals surface area contributed by atoms with Gasteiger partial charge in [-0.1, -0.05) is 23.2 Å². The Kier molecular flexibility index (Phi) is 5.04. The lowest BCUT2D eigenvalue weighted by Crippen LogP contribution is -2.31. The summed E-state index contributed by atoms with van der Waals surface area (Å²) in [7, 11) is 2.12. The molecule has 2 aromatic heterocycles. The van der Waals surface area contributed by atoms with E-state index in [1.807, 2.05) is 4.68 Å². The van der Waals surface area contributed by atoms with Crippen molar-refractivity contribution in [3.63, 3.8) is 0 Å². The fourth-order valence-electron chi connectivity index (χ4n) is 3.36. The lowest BCUT2D eigenvalue weighted by molar-refractivity contribution is 0.102. The van der Waals surface area contributed by atoms with Crippen molar-refractivity contribution < 1.29 is 4.79 Å². The molecule has 0 atom stereocenters. The summed E-state index contributed by atoms with van der Waals surface area (Å²) < 4.78 is 1.94. The van der Waals surface area contributed by atoms with Crippen molar-refractivity contribution in [2.24, 2.45) is 0 Å². The van der Waals surface area contributed by atoms with Crippen LogP contribution in [0.3, 0.4) is 0 Å². The van der Waals surface area contributed by atoms with Crippen LogP contribution in [-0.4, -0.2) is 45.7 Å². The smallest absolute Gasteiger partial charge is 0.258 e. The second-order valence-electron chi connectivity index (χ2n) is 6.81. The number of benzene rings is 1. The standard InChI is InChI=1S/C19H19Cl2N5O/c1-25-8-6-14(7-9-25)26-18-15(11-23-26)17(21)16(10-22-18)19(27)24-13-4-2-12(20)3-5-13/h2-5,10-11,14H,6-9H2,1H3,(H,24,27). The monoisotopic (exact) mass is 403 g/mol. The molecule has 1 fully saturated rings. The van der Waals surface area contributed by atoms with Gasteiger partial charge >= 0.3 is 0 Å². The maximum atomic E-state index is 12.6. The first-order valence-corrected chi connectivity index (χ1v) is 9.55. The molecule has 140 valence electrons. The zero-order chi connectivity index (χ0) is 19.0. The Balaban J connectivity index is 1.61. The van der Waals surface area contributed by atoms with E-state index in [1.165, 1.54) is 6.20 Å². The van der Waals surface area contributed by atoms with Crippen LogP contribution in [0.4, 0.5) is 5.69 Å². The van der Waals surface area contributed by atoms with Gasteiger partial charge in [0.2, 0.25) is 0 Å². The van der Waals surface area contributed by atoms with Gasteiger partial charge in [0.15, 0.2) is 5.65 Å². The van der Waals surface area contributed by atoms with Gasteiger partial charge in [-0.15, -0.1) is 0 Å². The molecule has 1 aliphatic rings. The van der Waals surface area contributed by atoms with Gasteiger partial charge in [-0.3, -0.25) is 4.79 Å². The van der Waals surface area contributed by atoms with Crippen LogP contribution in [0.25, 0.3) is 11.0 Å². The molecule has 4 rings (SSSR count). The minimum absolute atomic E-state index is 0.302. The number of carbonyl (C=O) groups is 1. The fraction of sp³-hybridized carbons (Fsp3) is 0.316. The van der Waals surface area contributed by atoms with Gasteiger partial charge in [-0.25, -0.2) is 9.67 Å². The van der Waals surface area contributed by atoms with Crippen LogP contribution < -0.4 is 5.32 Å². The third-order valence-corrected chi connectivity index (χ3v) is 5.60. The normalized spacial score (nSPS) is 16.0. The summed E-state index contributed by atoms with van der Waals surface area (Å²) in [4.78, 5) is 19.4. The van der Waals surface area contributed by atoms with Crippen molar-refractivity contribution in [3.8, 4) is 0 Å². The molecular formula is C19H19Cl2N5O. The first-order chi connectivity index (χ1) is 13.0. The van der Waals surface area contributed by atoms with Gasteiger partial charge in [0, 0.05) is 16.9 Å². The summed E-state index contributed by atoms with van der Waals surface area (Å²) in [6.07, 6.45) is 5.25. The molecule has 1 aromatic carbocycles. The number of nitrogens with zero attached hydrogens (tertiary/aromatic N) is 4.